The summed E-state index contributed by atoms with van der Waals surface area (Å²) >= 11 is 1.58. The van der Waals surface area contributed by atoms with Gasteiger partial charge in [-0.3, -0.25) is 4.90 Å². The lowest BCUT2D eigenvalue weighted by Gasteiger charge is -2.38. The van der Waals surface area contributed by atoms with Crippen molar-refractivity contribution in [1.29, 1.82) is 0 Å². The van der Waals surface area contributed by atoms with Gasteiger partial charge in [0.25, 0.3) is 0 Å². The van der Waals surface area contributed by atoms with Crippen LogP contribution in [0.2, 0.25) is 0 Å². The molecule has 0 saturated carbocycles. The van der Waals surface area contributed by atoms with Gasteiger partial charge in [0, 0.05) is 6.54 Å². The summed E-state index contributed by atoms with van der Waals surface area (Å²) in [6.07, 6.45) is 4.29. The normalized spacial score (nSPS) is 23.6. The summed E-state index contributed by atoms with van der Waals surface area (Å²) in [4.78, 5) is 12.4. The monoisotopic (exact) mass is 204 g/mol. The van der Waals surface area contributed by atoms with Crippen molar-refractivity contribution in [3.63, 3.8) is 0 Å². The van der Waals surface area contributed by atoms with Crippen molar-refractivity contribution >= 4 is 18.0 Å². The van der Waals surface area contributed by atoms with Crippen LogP contribution >= 0.6 is 11.9 Å². The van der Waals surface area contributed by atoms with Gasteiger partial charge in [0.15, 0.2) is 0 Å². The van der Waals surface area contributed by atoms with E-state index in [9.17, 15) is 4.79 Å². The van der Waals surface area contributed by atoms with Crippen LogP contribution in [0.3, 0.4) is 0 Å². The fraction of sp³-hybridized carbons (Fsp3) is 0.875. The summed E-state index contributed by atoms with van der Waals surface area (Å²) < 4.78 is 2.01. The lowest BCUT2D eigenvalue weighted by atomic mass is 10.1. The number of hydrogen-bond acceptors (Lipinski definition) is 3. The van der Waals surface area contributed by atoms with Crippen LogP contribution in [0.1, 0.15) is 19.3 Å². The maximum absolute atomic E-state index is 10.9. The van der Waals surface area contributed by atoms with Crippen LogP contribution in [-0.4, -0.2) is 46.4 Å². The highest BCUT2D eigenvalue weighted by atomic mass is 32.2. The number of likely N-dealkylation sites (tertiary alicyclic amines) is 1. The van der Waals surface area contributed by atoms with Crippen LogP contribution in [0.15, 0.2) is 0 Å². The fourth-order valence-corrected chi connectivity index (χ4v) is 2.10. The average molecular weight is 204 g/mol. The molecule has 0 aromatic rings. The Morgan fingerprint density at radius 3 is 2.85 bits per heavy atom. The van der Waals surface area contributed by atoms with Gasteiger partial charge in [-0.25, -0.2) is 9.10 Å². The van der Waals surface area contributed by atoms with E-state index in [0.29, 0.717) is 6.54 Å². The van der Waals surface area contributed by atoms with Crippen LogP contribution in [0.5, 0.6) is 0 Å². The summed E-state index contributed by atoms with van der Waals surface area (Å²) in [5.74, 6) is 0. The zero-order valence-electron chi connectivity index (χ0n) is 8.06. The second-order valence-corrected chi connectivity index (χ2v) is 4.12. The average Bonchev–Trinajstić information content (AvgIpc) is 2.16. The van der Waals surface area contributed by atoms with Crippen molar-refractivity contribution in [2.45, 2.75) is 25.4 Å². The van der Waals surface area contributed by atoms with Gasteiger partial charge < -0.3 is 5.11 Å². The Bertz CT molecular complexity index is 189. The quantitative estimate of drug-likeness (QED) is 0.695. The van der Waals surface area contributed by atoms with E-state index in [2.05, 4.69) is 0 Å². The molecule has 1 atom stereocenters. The number of nitrogens with zero attached hydrogens (tertiary/aromatic N) is 2. The molecule has 0 aliphatic carbocycles. The third-order valence-corrected chi connectivity index (χ3v) is 3.24. The molecular weight excluding hydrogens is 188 g/mol. The molecule has 0 radical (unpaired) electrons. The highest BCUT2D eigenvalue weighted by Crippen LogP contribution is 2.22. The van der Waals surface area contributed by atoms with Gasteiger partial charge in [0.1, 0.15) is 0 Å². The minimum absolute atomic E-state index is 0.0567. The molecule has 5 heteroatoms. The van der Waals surface area contributed by atoms with E-state index >= 15 is 0 Å². The Hall–Kier alpha value is -0.420. The minimum Gasteiger partial charge on any atom is -0.465 e. The van der Waals surface area contributed by atoms with Crippen molar-refractivity contribution in [2.75, 3.05) is 19.8 Å². The molecular formula is C8H16N2O2S. The van der Waals surface area contributed by atoms with E-state index in [1.165, 1.54) is 4.90 Å². The lowest BCUT2D eigenvalue weighted by molar-refractivity contribution is 0.0715. The van der Waals surface area contributed by atoms with Crippen LogP contribution in [0, 0.1) is 0 Å². The number of hydrogen-bond donors (Lipinski definition) is 1. The second kappa shape index (κ2) is 4.72. The molecule has 1 heterocycles. The van der Waals surface area contributed by atoms with Gasteiger partial charge in [-0.05, 0) is 32.6 Å². The molecule has 1 aliphatic rings. The smallest absolute Gasteiger partial charge is 0.408 e. The highest BCUT2D eigenvalue weighted by Gasteiger charge is 2.28. The molecule has 1 fully saturated rings. The molecule has 0 aromatic heterocycles. The van der Waals surface area contributed by atoms with Crippen molar-refractivity contribution in [3.05, 3.63) is 0 Å². The Kier molecular flexibility index (Phi) is 3.87. The van der Waals surface area contributed by atoms with Crippen LogP contribution in [0.25, 0.3) is 0 Å². The molecule has 1 unspecified atom stereocenters. The van der Waals surface area contributed by atoms with E-state index in [1.54, 1.807) is 11.9 Å². The zero-order valence-corrected chi connectivity index (χ0v) is 8.88. The van der Waals surface area contributed by atoms with Gasteiger partial charge in [-0.15, -0.1) is 0 Å². The molecule has 1 rings (SSSR count). The van der Waals surface area contributed by atoms with E-state index in [-0.39, 0.29) is 6.17 Å². The fourth-order valence-electron chi connectivity index (χ4n) is 1.64. The van der Waals surface area contributed by atoms with E-state index < -0.39 is 6.09 Å². The van der Waals surface area contributed by atoms with Gasteiger partial charge >= 0.3 is 6.09 Å². The summed E-state index contributed by atoms with van der Waals surface area (Å²) in [6, 6.07) is 0. The topological polar surface area (TPSA) is 43.8 Å². The van der Waals surface area contributed by atoms with Gasteiger partial charge in [-0.2, -0.15) is 0 Å². The Labute approximate surface area is 83.0 Å². The largest absolute Gasteiger partial charge is 0.465 e. The SMILES string of the molecule is CSN(C)C1CCCCN1C(=O)O. The predicted molar refractivity (Wildman–Crippen MR) is 53.6 cm³/mol. The summed E-state index contributed by atoms with van der Waals surface area (Å²) in [7, 11) is 1.94. The van der Waals surface area contributed by atoms with Crippen molar-refractivity contribution in [3.8, 4) is 0 Å². The Morgan fingerprint density at radius 1 is 1.62 bits per heavy atom. The molecule has 0 spiro atoms. The molecule has 0 bridgehead atoms. The van der Waals surface area contributed by atoms with Crippen molar-refractivity contribution in [1.82, 2.24) is 9.21 Å². The molecule has 13 heavy (non-hydrogen) atoms. The van der Waals surface area contributed by atoms with Gasteiger partial charge in [0.2, 0.25) is 0 Å². The van der Waals surface area contributed by atoms with Gasteiger partial charge in [-0.1, -0.05) is 11.9 Å². The molecule has 4 nitrogen and oxygen atoms in total. The molecule has 1 N–H and O–H groups in total. The van der Waals surface area contributed by atoms with Crippen LogP contribution < -0.4 is 0 Å². The van der Waals surface area contributed by atoms with Crippen LogP contribution in [0.4, 0.5) is 4.79 Å². The zero-order chi connectivity index (χ0) is 9.84. The van der Waals surface area contributed by atoms with E-state index in [4.69, 9.17) is 5.11 Å². The number of piperidine rings is 1. The maximum atomic E-state index is 10.9. The lowest BCUT2D eigenvalue weighted by Crippen LogP contribution is -2.49. The molecule has 1 aliphatic heterocycles. The van der Waals surface area contributed by atoms with Gasteiger partial charge in [0.05, 0.1) is 6.17 Å². The third-order valence-electron chi connectivity index (χ3n) is 2.42. The first-order valence-corrected chi connectivity index (χ1v) is 5.61. The Balaban J connectivity index is 2.61. The molecule has 76 valence electrons. The first-order valence-electron chi connectivity index (χ1n) is 4.43. The number of carboxylic acid groups (broad SMARTS) is 1. The van der Waals surface area contributed by atoms with E-state index in [0.717, 1.165) is 19.3 Å². The van der Waals surface area contributed by atoms with Crippen molar-refractivity contribution in [2.24, 2.45) is 0 Å². The maximum Gasteiger partial charge on any atom is 0.408 e. The summed E-state index contributed by atoms with van der Waals surface area (Å²) in [5.41, 5.74) is 0. The van der Waals surface area contributed by atoms with Crippen LogP contribution in [-0.2, 0) is 0 Å². The first kappa shape index (κ1) is 10.7. The highest BCUT2D eigenvalue weighted by molar-refractivity contribution is 7.96. The third kappa shape index (κ3) is 2.51. The first-order chi connectivity index (χ1) is 6.16. The van der Waals surface area contributed by atoms with Crippen molar-refractivity contribution < 1.29 is 9.90 Å². The number of amides is 1. The molecule has 0 aromatic carbocycles. The summed E-state index contributed by atoms with van der Waals surface area (Å²) in [6.45, 7) is 0.672. The number of rotatable bonds is 2. The second-order valence-electron chi connectivity index (χ2n) is 3.18. The standard InChI is InChI=1S/C8H16N2O2S/c1-9(13-2)7-5-3-4-6-10(7)8(11)12/h7H,3-6H2,1-2H3,(H,11,12). The van der Waals surface area contributed by atoms with E-state index in [1.807, 2.05) is 17.6 Å². The predicted octanol–water partition coefficient (Wildman–Crippen LogP) is 1.69. The Morgan fingerprint density at radius 2 is 2.31 bits per heavy atom. The molecule has 1 amide bonds. The molecule has 1 saturated heterocycles. The number of carbonyl (C=O) groups is 1. The summed E-state index contributed by atoms with van der Waals surface area (Å²) in [5, 5.41) is 8.94. The minimum atomic E-state index is -0.800.